The Balaban J connectivity index is 2.62. The molecule has 0 bridgehead atoms. The SMILES string of the molecule is CC1CN(C)CCCN1C(=O)N[C@H](CCO)C(=O)O. The molecule has 1 fully saturated rings. The zero-order chi connectivity index (χ0) is 14.4. The monoisotopic (exact) mass is 273 g/mol. The van der Waals surface area contributed by atoms with E-state index >= 15 is 0 Å². The van der Waals surface area contributed by atoms with Crippen LogP contribution in [0.3, 0.4) is 0 Å². The fraction of sp³-hybridized carbons (Fsp3) is 0.833. The Labute approximate surface area is 113 Å². The first-order chi connectivity index (χ1) is 8.95. The van der Waals surface area contributed by atoms with Crippen molar-refractivity contribution in [2.24, 2.45) is 0 Å². The Morgan fingerprint density at radius 3 is 2.68 bits per heavy atom. The van der Waals surface area contributed by atoms with Gasteiger partial charge in [0.1, 0.15) is 6.04 Å². The van der Waals surface area contributed by atoms with Crippen molar-refractivity contribution in [2.75, 3.05) is 33.3 Å². The summed E-state index contributed by atoms with van der Waals surface area (Å²) >= 11 is 0. The van der Waals surface area contributed by atoms with Gasteiger partial charge in [0.25, 0.3) is 0 Å². The number of aliphatic carboxylic acids is 1. The molecule has 2 amide bonds. The summed E-state index contributed by atoms with van der Waals surface area (Å²) < 4.78 is 0. The van der Waals surface area contributed by atoms with E-state index in [0.717, 1.165) is 19.5 Å². The molecule has 2 atom stereocenters. The van der Waals surface area contributed by atoms with Crippen LogP contribution in [-0.4, -0.2) is 77.4 Å². The smallest absolute Gasteiger partial charge is 0.326 e. The summed E-state index contributed by atoms with van der Waals surface area (Å²) in [5.74, 6) is -1.12. The van der Waals surface area contributed by atoms with Crippen molar-refractivity contribution in [3.8, 4) is 0 Å². The van der Waals surface area contributed by atoms with Crippen LogP contribution in [-0.2, 0) is 4.79 Å². The number of nitrogens with one attached hydrogen (secondary N) is 1. The number of carboxylic acid groups (broad SMARTS) is 1. The molecular weight excluding hydrogens is 250 g/mol. The van der Waals surface area contributed by atoms with Gasteiger partial charge in [-0.1, -0.05) is 0 Å². The molecule has 110 valence electrons. The van der Waals surface area contributed by atoms with Gasteiger partial charge in [0, 0.05) is 32.2 Å². The summed E-state index contributed by atoms with van der Waals surface area (Å²) in [4.78, 5) is 26.9. The summed E-state index contributed by atoms with van der Waals surface area (Å²) in [6.45, 7) is 3.99. The summed E-state index contributed by atoms with van der Waals surface area (Å²) in [7, 11) is 2.00. The fourth-order valence-electron chi connectivity index (χ4n) is 2.29. The second kappa shape index (κ2) is 7.30. The molecule has 0 radical (unpaired) electrons. The number of carbonyl (C=O) groups is 2. The summed E-state index contributed by atoms with van der Waals surface area (Å²) in [6.07, 6.45) is 0.884. The summed E-state index contributed by atoms with van der Waals surface area (Å²) in [5, 5.41) is 20.2. The lowest BCUT2D eigenvalue weighted by molar-refractivity contribution is -0.139. The molecule has 1 aliphatic rings. The van der Waals surface area contributed by atoms with Gasteiger partial charge in [0.15, 0.2) is 0 Å². The highest BCUT2D eigenvalue weighted by Crippen LogP contribution is 2.09. The number of likely N-dealkylation sites (N-methyl/N-ethyl adjacent to an activating group) is 1. The molecule has 1 unspecified atom stereocenters. The predicted octanol–water partition coefficient (Wildman–Crippen LogP) is -0.442. The van der Waals surface area contributed by atoms with Crippen LogP contribution < -0.4 is 5.32 Å². The van der Waals surface area contributed by atoms with Crippen molar-refractivity contribution in [3.63, 3.8) is 0 Å². The van der Waals surface area contributed by atoms with Crippen molar-refractivity contribution >= 4 is 12.0 Å². The first-order valence-electron chi connectivity index (χ1n) is 6.55. The van der Waals surface area contributed by atoms with Crippen molar-refractivity contribution in [1.82, 2.24) is 15.1 Å². The van der Waals surface area contributed by atoms with Gasteiger partial charge < -0.3 is 25.3 Å². The van der Waals surface area contributed by atoms with Crippen molar-refractivity contribution in [3.05, 3.63) is 0 Å². The molecule has 3 N–H and O–H groups in total. The van der Waals surface area contributed by atoms with Gasteiger partial charge in [-0.05, 0) is 26.9 Å². The zero-order valence-electron chi connectivity index (χ0n) is 11.5. The first-order valence-corrected chi connectivity index (χ1v) is 6.55. The van der Waals surface area contributed by atoms with E-state index in [1.165, 1.54) is 0 Å². The predicted molar refractivity (Wildman–Crippen MR) is 69.9 cm³/mol. The molecule has 7 nitrogen and oxygen atoms in total. The van der Waals surface area contributed by atoms with Crippen LogP contribution in [0.2, 0.25) is 0 Å². The molecule has 0 aliphatic carbocycles. The number of rotatable bonds is 4. The van der Waals surface area contributed by atoms with Gasteiger partial charge in [-0.2, -0.15) is 0 Å². The van der Waals surface area contributed by atoms with E-state index in [2.05, 4.69) is 10.2 Å². The van der Waals surface area contributed by atoms with Crippen LogP contribution in [0.25, 0.3) is 0 Å². The number of carboxylic acids is 1. The van der Waals surface area contributed by atoms with E-state index in [0.29, 0.717) is 6.54 Å². The maximum atomic E-state index is 12.1. The molecule has 1 heterocycles. The fourth-order valence-corrected chi connectivity index (χ4v) is 2.29. The molecule has 1 aliphatic heterocycles. The van der Waals surface area contributed by atoms with E-state index in [1.54, 1.807) is 4.90 Å². The van der Waals surface area contributed by atoms with Crippen LogP contribution in [0, 0.1) is 0 Å². The lowest BCUT2D eigenvalue weighted by atomic mass is 10.2. The standard InChI is InChI=1S/C12H23N3O4/c1-9-8-14(2)5-3-6-15(9)12(19)13-10(4-7-16)11(17)18/h9-10,16H,3-8H2,1-2H3,(H,13,19)(H,17,18)/t9?,10-/m1/s1. The molecule has 1 rings (SSSR count). The zero-order valence-corrected chi connectivity index (χ0v) is 11.5. The highest BCUT2D eigenvalue weighted by molar-refractivity contribution is 5.82. The van der Waals surface area contributed by atoms with Crippen LogP contribution in [0.15, 0.2) is 0 Å². The average molecular weight is 273 g/mol. The number of urea groups is 1. The Bertz CT molecular complexity index is 324. The van der Waals surface area contributed by atoms with E-state index in [4.69, 9.17) is 10.2 Å². The molecule has 0 aromatic heterocycles. The number of aliphatic hydroxyl groups excluding tert-OH is 1. The Morgan fingerprint density at radius 1 is 1.42 bits per heavy atom. The summed E-state index contributed by atoms with van der Waals surface area (Å²) in [5.41, 5.74) is 0. The third kappa shape index (κ3) is 4.68. The lowest BCUT2D eigenvalue weighted by Crippen LogP contribution is -2.52. The second-order valence-corrected chi connectivity index (χ2v) is 5.01. The number of amides is 2. The largest absolute Gasteiger partial charge is 0.480 e. The van der Waals surface area contributed by atoms with Gasteiger partial charge in [0.2, 0.25) is 0 Å². The topological polar surface area (TPSA) is 93.1 Å². The van der Waals surface area contributed by atoms with Crippen molar-refractivity contribution in [1.29, 1.82) is 0 Å². The van der Waals surface area contributed by atoms with Gasteiger partial charge in [-0.15, -0.1) is 0 Å². The number of hydrogen-bond acceptors (Lipinski definition) is 4. The number of carbonyl (C=O) groups excluding carboxylic acids is 1. The highest BCUT2D eigenvalue weighted by atomic mass is 16.4. The van der Waals surface area contributed by atoms with Gasteiger partial charge in [-0.3, -0.25) is 0 Å². The van der Waals surface area contributed by atoms with Crippen LogP contribution in [0.5, 0.6) is 0 Å². The van der Waals surface area contributed by atoms with Gasteiger partial charge in [-0.25, -0.2) is 9.59 Å². The maximum absolute atomic E-state index is 12.1. The normalized spacial score (nSPS) is 22.7. The Kier molecular flexibility index (Phi) is 6.04. The third-order valence-electron chi connectivity index (χ3n) is 3.32. The van der Waals surface area contributed by atoms with Crippen molar-refractivity contribution in [2.45, 2.75) is 31.8 Å². The number of nitrogens with zero attached hydrogens (tertiary/aromatic N) is 2. The van der Waals surface area contributed by atoms with Gasteiger partial charge in [0.05, 0.1) is 0 Å². The summed E-state index contributed by atoms with van der Waals surface area (Å²) in [6, 6.07) is -1.37. The maximum Gasteiger partial charge on any atom is 0.326 e. The minimum atomic E-state index is -1.12. The van der Waals surface area contributed by atoms with E-state index < -0.39 is 12.0 Å². The third-order valence-corrected chi connectivity index (χ3v) is 3.32. The Hall–Kier alpha value is -1.34. The highest BCUT2D eigenvalue weighted by Gasteiger charge is 2.27. The Morgan fingerprint density at radius 2 is 2.11 bits per heavy atom. The van der Waals surface area contributed by atoms with E-state index in [-0.39, 0.29) is 25.1 Å². The number of hydrogen-bond donors (Lipinski definition) is 3. The van der Waals surface area contributed by atoms with Gasteiger partial charge >= 0.3 is 12.0 Å². The average Bonchev–Trinajstić information content (AvgIpc) is 2.49. The molecule has 19 heavy (non-hydrogen) atoms. The van der Waals surface area contributed by atoms with Crippen molar-refractivity contribution < 1.29 is 19.8 Å². The van der Waals surface area contributed by atoms with E-state index in [9.17, 15) is 9.59 Å². The lowest BCUT2D eigenvalue weighted by Gasteiger charge is -2.29. The molecule has 0 aromatic rings. The minimum absolute atomic E-state index is 0.0171. The van der Waals surface area contributed by atoms with Crippen LogP contribution >= 0.6 is 0 Å². The van der Waals surface area contributed by atoms with Crippen LogP contribution in [0.1, 0.15) is 19.8 Å². The molecule has 1 saturated heterocycles. The van der Waals surface area contributed by atoms with Crippen LogP contribution in [0.4, 0.5) is 4.79 Å². The second-order valence-electron chi connectivity index (χ2n) is 5.01. The molecule has 0 spiro atoms. The molecule has 0 aromatic carbocycles. The molecular formula is C12H23N3O4. The molecule has 0 saturated carbocycles. The molecule has 7 heteroatoms. The quantitative estimate of drug-likeness (QED) is 0.645. The number of aliphatic hydroxyl groups is 1. The van der Waals surface area contributed by atoms with E-state index in [1.807, 2.05) is 14.0 Å². The first kappa shape index (κ1) is 15.7. The minimum Gasteiger partial charge on any atom is -0.480 e.